The molecule has 0 saturated carbocycles. The second-order valence-electron chi connectivity index (χ2n) is 15.6. The maximum absolute atomic E-state index is 2.45. The molecule has 0 radical (unpaired) electrons. The highest BCUT2D eigenvalue weighted by atomic mass is 15.1. The minimum Gasteiger partial charge on any atom is -0.310 e. The first kappa shape index (κ1) is 33.4. The fourth-order valence-electron chi connectivity index (χ4n) is 9.64. The van der Waals surface area contributed by atoms with Gasteiger partial charge >= 0.3 is 0 Å². The molecule has 0 bridgehead atoms. The molecule has 0 unspecified atom stereocenters. The zero-order chi connectivity index (χ0) is 38.9. The van der Waals surface area contributed by atoms with Gasteiger partial charge in [-0.05, 0) is 136 Å². The third-order valence-electron chi connectivity index (χ3n) is 12.3. The van der Waals surface area contributed by atoms with Gasteiger partial charge in [0, 0.05) is 16.8 Å². The predicted molar refractivity (Wildman–Crippen MR) is 252 cm³/mol. The minimum atomic E-state index is 1.11. The molecule has 1 aliphatic carbocycles. The van der Waals surface area contributed by atoms with Gasteiger partial charge in [-0.2, -0.15) is 0 Å². The molecule has 0 atom stereocenters. The molecule has 59 heavy (non-hydrogen) atoms. The molecule has 274 valence electrons. The van der Waals surface area contributed by atoms with E-state index in [2.05, 4.69) is 229 Å². The Kier molecular flexibility index (Phi) is 7.61. The van der Waals surface area contributed by atoms with Crippen molar-refractivity contribution in [2.45, 2.75) is 0 Å². The van der Waals surface area contributed by atoms with E-state index >= 15 is 0 Å². The molecule has 0 spiro atoms. The Balaban J connectivity index is 1.09. The number of hydrogen-bond donors (Lipinski definition) is 0. The van der Waals surface area contributed by atoms with Crippen LogP contribution in [0.3, 0.4) is 0 Å². The summed E-state index contributed by atoms with van der Waals surface area (Å²) in [5.41, 5.74) is 16.2. The summed E-state index contributed by atoms with van der Waals surface area (Å²) >= 11 is 0. The van der Waals surface area contributed by atoms with Gasteiger partial charge in [0.2, 0.25) is 0 Å². The Bertz CT molecular complexity index is 3400. The highest BCUT2D eigenvalue weighted by Gasteiger charge is 2.32. The lowest BCUT2D eigenvalue weighted by molar-refractivity contribution is 1.31. The third kappa shape index (κ3) is 5.33. The second-order valence-corrected chi connectivity index (χ2v) is 15.6. The summed E-state index contributed by atoms with van der Waals surface area (Å²) < 4.78 is 0. The number of rotatable bonds is 6. The van der Waals surface area contributed by atoms with Crippen LogP contribution >= 0.6 is 0 Å². The van der Waals surface area contributed by atoms with Gasteiger partial charge in [-0.3, -0.25) is 0 Å². The first-order valence-electron chi connectivity index (χ1n) is 20.4. The smallest absolute Gasteiger partial charge is 0.0546 e. The summed E-state index contributed by atoms with van der Waals surface area (Å²) in [5.74, 6) is 0. The normalized spacial score (nSPS) is 11.7. The number of fused-ring (bicyclic) bond motifs is 9. The summed E-state index contributed by atoms with van der Waals surface area (Å²) in [6.45, 7) is 0. The van der Waals surface area contributed by atoms with Crippen molar-refractivity contribution in [3.63, 3.8) is 0 Å². The van der Waals surface area contributed by atoms with Crippen LogP contribution in [0.25, 0.3) is 98.7 Å². The lowest BCUT2D eigenvalue weighted by atomic mass is 9.70. The van der Waals surface area contributed by atoms with Crippen molar-refractivity contribution >= 4 is 60.2 Å². The monoisotopic (exact) mass is 747 g/mol. The molecule has 0 fully saturated rings. The Morgan fingerprint density at radius 1 is 0.237 bits per heavy atom. The van der Waals surface area contributed by atoms with Crippen LogP contribution in [0, 0.1) is 0 Å². The standard InChI is InChI=1S/C58H37N/c1-4-16-38(17-5-1)39-28-31-45(32-29-39)59(54-37-43-22-10-11-23-47(43)48-24-12-13-25-49(48)54)46-33-30-42-35-52-53(36-44(42)34-46)58-56(41-20-8-3-9-21-41)51-27-15-14-26-50(51)55(57(52)58)40-18-6-2-7-19-40/h1-37H. The maximum Gasteiger partial charge on any atom is 0.0546 e. The SMILES string of the molecule is c1ccc(-c2ccc(N(c3ccc4cc5c(cc4c3)-c3c-5c(-c4ccccc4)c4ccccc4c3-c3ccccc3)c3cc4ccccc4c4ccccc34)cc2)cc1. The highest BCUT2D eigenvalue weighted by molar-refractivity contribution is 6.26. The van der Waals surface area contributed by atoms with Crippen molar-refractivity contribution in [1.82, 2.24) is 0 Å². The molecule has 0 aliphatic heterocycles. The lowest BCUT2D eigenvalue weighted by Crippen LogP contribution is -2.11. The van der Waals surface area contributed by atoms with E-state index < -0.39 is 0 Å². The summed E-state index contributed by atoms with van der Waals surface area (Å²) in [6.07, 6.45) is 0. The van der Waals surface area contributed by atoms with Gasteiger partial charge in [-0.25, -0.2) is 0 Å². The van der Waals surface area contributed by atoms with Gasteiger partial charge in [0.05, 0.1) is 5.69 Å². The first-order valence-corrected chi connectivity index (χ1v) is 20.4. The van der Waals surface area contributed by atoms with Gasteiger partial charge in [0.1, 0.15) is 0 Å². The van der Waals surface area contributed by atoms with E-state index in [1.807, 2.05) is 0 Å². The summed E-state index contributed by atoms with van der Waals surface area (Å²) in [7, 11) is 0. The lowest BCUT2D eigenvalue weighted by Gasteiger charge is -2.33. The largest absolute Gasteiger partial charge is 0.310 e. The van der Waals surface area contributed by atoms with Crippen LogP contribution in [0.4, 0.5) is 17.1 Å². The quantitative estimate of drug-likeness (QED) is 0.153. The fourth-order valence-corrected chi connectivity index (χ4v) is 9.64. The Labute approximate surface area is 343 Å². The van der Waals surface area contributed by atoms with E-state index in [4.69, 9.17) is 0 Å². The highest BCUT2D eigenvalue weighted by Crippen LogP contribution is 2.60. The predicted octanol–water partition coefficient (Wildman–Crippen LogP) is 16.4. The van der Waals surface area contributed by atoms with Crippen molar-refractivity contribution in [1.29, 1.82) is 0 Å². The zero-order valence-corrected chi connectivity index (χ0v) is 32.3. The van der Waals surface area contributed by atoms with Crippen molar-refractivity contribution < 1.29 is 0 Å². The molecule has 12 rings (SSSR count). The van der Waals surface area contributed by atoms with Gasteiger partial charge in [0.15, 0.2) is 0 Å². The van der Waals surface area contributed by atoms with Crippen LogP contribution in [-0.4, -0.2) is 0 Å². The second kappa shape index (κ2) is 13.4. The van der Waals surface area contributed by atoms with E-state index in [1.165, 1.54) is 98.7 Å². The molecule has 0 amide bonds. The molecule has 1 nitrogen and oxygen atoms in total. The minimum absolute atomic E-state index is 1.11. The summed E-state index contributed by atoms with van der Waals surface area (Å²) in [4.78, 5) is 2.45. The Morgan fingerprint density at radius 2 is 0.695 bits per heavy atom. The molecule has 0 heterocycles. The van der Waals surface area contributed by atoms with E-state index in [-0.39, 0.29) is 0 Å². The van der Waals surface area contributed by atoms with Crippen molar-refractivity contribution in [3.8, 4) is 55.6 Å². The van der Waals surface area contributed by atoms with Crippen LogP contribution in [0.15, 0.2) is 224 Å². The van der Waals surface area contributed by atoms with Crippen LogP contribution in [0.2, 0.25) is 0 Å². The molecular formula is C58H37N. The summed E-state index contributed by atoms with van der Waals surface area (Å²) in [5, 5.41) is 9.97. The first-order chi connectivity index (χ1) is 29.3. The van der Waals surface area contributed by atoms with Crippen LogP contribution < -0.4 is 4.90 Å². The third-order valence-corrected chi connectivity index (χ3v) is 12.3. The molecule has 0 saturated heterocycles. The van der Waals surface area contributed by atoms with Gasteiger partial charge < -0.3 is 4.90 Å². The number of anilines is 3. The topological polar surface area (TPSA) is 3.24 Å². The Morgan fingerprint density at radius 3 is 1.31 bits per heavy atom. The molecule has 0 aromatic heterocycles. The van der Waals surface area contributed by atoms with Gasteiger partial charge in [-0.1, -0.05) is 182 Å². The average Bonchev–Trinajstić information content (AvgIpc) is 3.31. The van der Waals surface area contributed by atoms with Gasteiger partial charge in [-0.15, -0.1) is 0 Å². The number of hydrogen-bond acceptors (Lipinski definition) is 1. The number of nitrogens with zero attached hydrogens (tertiary/aromatic N) is 1. The molecule has 0 N–H and O–H groups in total. The van der Waals surface area contributed by atoms with Crippen LogP contribution in [0.5, 0.6) is 0 Å². The molecular weight excluding hydrogens is 711 g/mol. The van der Waals surface area contributed by atoms with E-state index in [9.17, 15) is 0 Å². The van der Waals surface area contributed by atoms with Crippen molar-refractivity contribution in [2.24, 2.45) is 0 Å². The maximum atomic E-state index is 2.45. The average molecular weight is 748 g/mol. The Hall–Kier alpha value is -7.74. The van der Waals surface area contributed by atoms with E-state index in [0.717, 1.165) is 17.1 Å². The molecule has 11 aromatic rings. The van der Waals surface area contributed by atoms with E-state index in [0.29, 0.717) is 0 Å². The van der Waals surface area contributed by atoms with Crippen molar-refractivity contribution in [2.75, 3.05) is 4.90 Å². The van der Waals surface area contributed by atoms with E-state index in [1.54, 1.807) is 0 Å². The number of benzene rings is 11. The van der Waals surface area contributed by atoms with Crippen molar-refractivity contribution in [3.05, 3.63) is 224 Å². The summed E-state index contributed by atoms with van der Waals surface area (Å²) in [6, 6.07) is 82.4. The fraction of sp³-hybridized carbons (Fsp3) is 0. The molecule has 11 aromatic carbocycles. The zero-order valence-electron chi connectivity index (χ0n) is 32.3. The molecule has 1 aliphatic rings. The molecule has 1 heteroatoms. The van der Waals surface area contributed by atoms with Crippen LogP contribution in [-0.2, 0) is 0 Å². The van der Waals surface area contributed by atoms with Gasteiger partial charge in [0.25, 0.3) is 0 Å². The van der Waals surface area contributed by atoms with Crippen LogP contribution in [0.1, 0.15) is 0 Å².